The number of nitrogens with two attached hydrogens (primary N) is 1. The molecular formula is C16H23BrN4O2. The first-order chi connectivity index (χ1) is 10.9. The molecule has 3 N–H and O–H groups in total. The number of nitrogens with one attached hydrogen (secondary N) is 1. The molecule has 0 bridgehead atoms. The second kappa shape index (κ2) is 7.88. The highest BCUT2D eigenvalue weighted by molar-refractivity contribution is 9.10. The zero-order chi connectivity index (χ0) is 17.0. The lowest BCUT2D eigenvalue weighted by Gasteiger charge is -2.34. The molecule has 0 aliphatic carbocycles. The molecule has 126 valence electrons. The molecule has 1 aliphatic rings. The molecule has 1 aromatic heterocycles. The number of rotatable bonds is 4. The van der Waals surface area contributed by atoms with E-state index in [4.69, 9.17) is 5.73 Å². The van der Waals surface area contributed by atoms with E-state index >= 15 is 0 Å². The minimum absolute atomic E-state index is 0.0701. The molecule has 1 aliphatic heterocycles. The molecule has 1 saturated heterocycles. The van der Waals surface area contributed by atoms with E-state index in [0.717, 1.165) is 17.3 Å². The van der Waals surface area contributed by atoms with E-state index in [1.54, 1.807) is 17.2 Å². The largest absolute Gasteiger partial charge is 0.341 e. The highest BCUT2D eigenvalue weighted by Crippen LogP contribution is 2.20. The summed E-state index contributed by atoms with van der Waals surface area (Å²) in [4.78, 5) is 30.6. The van der Waals surface area contributed by atoms with Crippen molar-refractivity contribution in [2.75, 3.05) is 18.4 Å². The monoisotopic (exact) mass is 382 g/mol. The molecular weight excluding hydrogens is 360 g/mol. The Balaban J connectivity index is 1.96. The summed E-state index contributed by atoms with van der Waals surface area (Å²) >= 11 is 3.31. The summed E-state index contributed by atoms with van der Waals surface area (Å²) < 4.78 is 0.854. The van der Waals surface area contributed by atoms with Gasteiger partial charge in [-0.15, -0.1) is 0 Å². The van der Waals surface area contributed by atoms with Gasteiger partial charge < -0.3 is 16.0 Å². The molecule has 2 rings (SSSR count). The predicted molar refractivity (Wildman–Crippen MR) is 92.7 cm³/mol. The van der Waals surface area contributed by atoms with Crippen molar-refractivity contribution in [1.29, 1.82) is 0 Å². The number of carbonyl (C=O) groups is 2. The number of nitrogens with zero attached hydrogens (tertiary/aromatic N) is 2. The number of aromatic nitrogens is 1. The molecule has 6 nitrogen and oxygen atoms in total. The number of pyridine rings is 1. The summed E-state index contributed by atoms with van der Waals surface area (Å²) in [7, 11) is 0. The third kappa shape index (κ3) is 4.75. The van der Waals surface area contributed by atoms with E-state index in [1.807, 2.05) is 19.9 Å². The van der Waals surface area contributed by atoms with Gasteiger partial charge in [0.2, 0.25) is 11.8 Å². The van der Waals surface area contributed by atoms with Crippen molar-refractivity contribution in [2.24, 2.45) is 17.6 Å². The molecule has 1 fully saturated rings. The van der Waals surface area contributed by atoms with Crippen molar-refractivity contribution >= 4 is 33.6 Å². The Hall–Kier alpha value is -1.47. The zero-order valence-electron chi connectivity index (χ0n) is 13.5. The summed E-state index contributed by atoms with van der Waals surface area (Å²) in [5.41, 5.74) is 5.94. The van der Waals surface area contributed by atoms with E-state index in [2.05, 4.69) is 26.2 Å². The molecule has 2 heterocycles. The molecule has 0 radical (unpaired) electrons. The first-order valence-corrected chi connectivity index (χ1v) is 8.64. The SMILES string of the molecule is CC(C)[C@H](N)C(=O)N1CCCC(C(=O)Nc2ccc(Br)cn2)C1. The van der Waals surface area contributed by atoms with Gasteiger partial charge in [0.15, 0.2) is 0 Å². The Morgan fingerprint density at radius 1 is 1.43 bits per heavy atom. The van der Waals surface area contributed by atoms with Crippen LogP contribution in [0.3, 0.4) is 0 Å². The Labute approximate surface area is 144 Å². The fourth-order valence-electron chi connectivity index (χ4n) is 2.57. The number of hydrogen-bond acceptors (Lipinski definition) is 4. The second-order valence-electron chi connectivity index (χ2n) is 6.24. The highest BCUT2D eigenvalue weighted by atomic mass is 79.9. The number of amides is 2. The number of likely N-dealkylation sites (tertiary alicyclic amines) is 1. The van der Waals surface area contributed by atoms with Crippen LogP contribution in [0, 0.1) is 11.8 Å². The van der Waals surface area contributed by atoms with Crippen molar-refractivity contribution in [3.63, 3.8) is 0 Å². The minimum Gasteiger partial charge on any atom is -0.341 e. The standard InChI is InChI=1S/C16H23BrN4O2/c1-10(2)14(18)16(23)21-7-3-4-11(9-21)15(22)20-13-6-5-12(17)8-19-13/h5-6,8,10-11,14H,3-4,7,9,18H2,1-2H3,(H,19,20,22)/t11?,14-/m0/s1. The third-order valence-corrected chi connectivity index (χ3v) is 4.55. The maximum absolute atomic E-state index is 12.4. The van der Waals surface area contributed by atoms with Crippen LogP contribution in [0.1, 0.15) is 26.7 Å². The van der Waals surface area contributed by atoms with Gasteiger partial charge in [-0.2, -0.15) is 0 Å². The Kier molecular flexibility index (Phi) is 6.12. The Morgan fingerprint density at radius 3 is 2.78 bits per heavy atom. The first kappa shape index (κ1) is 17.9. The van der Waals surface area contributed by atoms with Gasteiger partial charge in [0.05, 0.1) is 12.0 Å². The normalized spacial score (nSPS) is 19.5. The average molecular weight is 383 g/mol. The van der Waals surface area contributed by atoms with E-state index in [9.17, 15) is 9.59 Å². The summed E-state index contributed by atoms with van der Waals surface area (Å²) in [5.74, 6) is 0.205. The molecule has 0 aromatic carbocycles. The molecule has 2 amide bonds. The zero-order valence-corrected chi connectivity index (χ0v) is 15.0. The fourth-order valence-corrected chi connectivity index (χ4v) is 2.80. The molecule has 2 atom stereocenters. The summed E-state index contributed by atoms with van der Waals surface area (Å²) in [5, 5.41) is 2.81. The van der Waals surface area contributed by atoms with E-state index < -0.39 is 6.04 Å². The number of hydrogen-bond donors (Lipinski definition) is 2. The maximum atomic E-state index is 12.4. The Morgan fingerprint density at radius 2 is 2.17 bits per heavy atom. The summed E-state index contributed by atoms with van der Waals surface area (Å²) in [6, 6.07) is 3.05. The highest BCUT2D eigenvalue weighted by Gasteiger charge is 2.31. The van der Waals surface area contributed by atoms with Gasteiger partial charge in [0.1, 0.15) is 5.82 Å². The molecule has 1 unspecified atom stereocenters. The van der Waals surface area contributed by atoms with Gasteiger partial charge in [-0.1, -0.05) is 13.8 Å². The summed E-state index contributed by atoms with van der Waals surface area (Å²) in [6.45, 7) is 4.94. The molecule has 0 spiro atoms. The summed E-state index contributed by atoms with van der Waals surface area (Å²) in [6.07, 6.45) is 3.21. The Bertz CT molecular complexity index is 562. The first-order valence-electron chi connectivity index (χ1n) is 7.85. The average Bonchev–Trinajstić information content (AvgIpc) is 2.55. The second-order valence-corrected chi connectivity index (χ2v) is 7.16. The minimum atomic E-state index is -0.509. The van der Waals surface area contributed by atoms with Gasteiger partial charge in [0, 0.05) is 23.8 Å². The number of anilines is 1. The molecule has 0 saturated carbocycles. The lowest BCUT2D eigenvalue weighted by atomic mass is 9.95. The van der Waals surface area contributed by atoms with Crippen LogP contribution in [0.5, 0.6) is 0 Å². The smallest absolute Gasteiger partial charge is 0.239 e. The van der Waals surface area contributed by atoms with Gasteiger partial charge in [-0.3, -0.25) is 9.59 Å². The van der Waals surface area contributed by atoms with Crippen LogP contribution in [0.25, 0.3) is 0 Å². The van der Waals surface area contributed by atoms with Crippen LogP contribution in [0.15, 0.2) is 22.8 Å². The number of carbonyl (C=O) groups excluding carboxylic acids is 2. The topological polar surface area (TPSA) is 88.3 Å². The van der Waals surface area contributed by atoms with Crippen LogP contribution in [-0.4, -0.2) is 40.8 Å². The fraction of sp³-hybridized carbons (Fsp3) is 0.562. The molecule has 1 aromatic rings. The number of halogens is 1. The molecule has 23 heavy (non-hydrogen) atoms. The van der Waals surface area contributed by atoms with Crippen LogP contribution in [0.4, 0.5) is 5.82 Å². The van der Waals surface area contributed by atoms with Crippen LogP contribution in [0.2, 0.25) is 0 Å². The van der Waals surface area contributed by atoms with Gasteiger partial charge in [-0.05, 0) is 46.8 Å². The van der Waals surface area contributed by atoms with E-state index in [-0.39, 0.29) is 23.7 Å². The lowest BCUT2D eigenvalue weighted by Crippen LogP contribution is -2.51. The van der Waals surface area contributed by atoms with Crippen molar-refractivity contribution in [3.8, 4) is 0 Å². The lowest BCUT2D eigenvalue weighted by molar-refractivity contribution is -0.136. The van der Waals surface area contributed by atoms with Crippen LogP contribution in [-0.2, 0) is 9.59 Å². The van der Waals surface area contributed by atoms with Crippen molar-refractivity contribution < 1.29 is 9.59 Å². The van der Waals surface area contributed by atoms with Crippen LogP contribution < -0.4 is 11.1 Å². The third-order valence-electron chi connectivity index (χ3n) is 4.09. The van der Waals surface area contributed by atoms with Crippen LogP contribution >= 0.6 is 15.9 Å². The van der Waals surface area contributed by atoms with Gasteiger partial charge in [0.25, 0.3) is 0 Å². The quantitative estimate of drug-likeness (QED) is 0.833. The predicted octanol–water partition coefficient (Wildman–Crippen LogP) is 2.00. The van der Waals surface area contributed by atoms with E-state index in [0.29, 0.717) is 18.9 Å². The maximum Gasteiger partial charge on any atom is 0.239 e. The molecule has 7 heteroatoms. The van der Waals surface area contributed by atoms with Crippen molar-refractivity contribution in [2.45, 2.75) is 32.7 Å². The number of piperidine rings is 1. The van der Waals surface area contributed by atoms with Crippen molar-refractivity contribution in [1.82, 2.24) is 9.88 Å². The van der Waals surface area contributed by atoms with Crippen molar-refractivity contribution in [3.05, 3.63) is 22.8 Å². The van der Waals surface area contributed by atoms with E-state index in [1.165, 1.54) is 0 Å². The van der Waals surface area contributed by atoms with Gasteiger partial charge in [-0.25, -0.2) is 4.98 Å². The van der Waals surface area contributed by atoms with Gasteiger partial charge >= 0.3 is 0 Å².